The second-order valence-electron chi connectivity index (χ2n) is 5.78. The molecule has 0 atom stereocenters. The van der Waals surface area contributed by atoms with Gasteiger partial charge in [0.1, 0.15) is 0 Å². The van der Waals surface area contributed by atoms with E-state index in [0.717, 1.165) is 12.2 Å². The Hall–Kier alpha value is -1.55. The standard InChI is InChI=1S/C15H23N3O/c1-15(9-3-2-4-10-15)11-17-14(19)12-5-7-13(18-16)8-6-12/h5-8,18H,2-4,9-11,16H2,1H3,(H,17,19). The van der Waals surface area contributed by atoms with Gasteiger partial charge in [-0.3, -0.25) is 10.6 Å². The molecule has 0 aliphatic heterocycles. The number of hydrogen-bond acceptors (Lipinski definition) is 3. The number of hydrazine groups is 1. The van der Waals surface area contributed by atoms with Crippen LogP contribution in [0.25, 0.3) is 0 Å². The molecule has 0 unspecified atom stereocenters. The molecular weight excluding hydrogens is 238 g/mol. The van der Waals surface area contributed by atoms with Gasteiger partial charge in [-0.15, -0.1) is 0 Å². The van der Waals surface area contributed by atoms with Crippen molar-refractivity contribution in [3.8, 4) is 0 Å². The first-order chi connectivity index (χ1) is 9.13. The Morgan fingerprint density at radius 2 is 1.84 bits per heavy atom. The Kier molecular flexibility index (Phi) is 4.43. The summed E-state index contributed by atoms with van der Waals surface area (Å²) in [5, 5.41) is 3.06. The molecule has 1 aromatic carbocycles. The summed E-state index contributed by atoms with van der Waals surface area (Å²) < 4.78 is 0. The molecule has 4 N–H and O–H groups in total. The van der Waals surface area contributed by atoms with Crippen LogP contribution in [0.2, 0.25) is 0 Å². The molecule has 1 aromatic rings. The van der Waals surface area contributed by atoms with Gasteiger partial charge in [0.25, 0.3) is 5.91 Å². The molecule has 0 spiro atoms. The molecule has 2 rings (SSSR count). The van der Waals surface area contributed by atoms with Gasteiger partial charge in [0, 0.05) is 17.8 Å². The van der Waals surface area contributed by atoms with Crippen LogP contribution in [-0.4, -0.2) is 12.5 Å². The van der Waals surface area contributed by atoms with Gasteiger partial charge in [-0.2, -0.15) is 0 Å². The Morgan fingerprint density at radius 1 is 1.21 bits per heavy atom. The van der Waals surface area contributed by atoms with E-state index in [1.165, 1.54) is 32.1 Å². The number of amides is 1. The molecule has 0 bridgehead atoms. The lowest BCUT2D eigenvalue weighted by Gasteiger charge is -2.33. The van der Waals surface area contributed by atoms with Crippen molar-refractivity contribution < 1.29 is 4.79 Å². The Morgan fingerprint density at radius 3 is 2.42 bits per heavy atom. The average Bonchev–Trinajstić information content (AvgIpc) is 2.46. The Labute approximate surface area is 114 Å². The summed E-state index contributed by atoms with van der Waals surface area (Å²) >= 11 is 0. The third-order valence-electron chi connectivity index (χ3n) is 4.05. The van der Waals surface area contributed by atoms with E-state index in [2.05, 4.69) is 17.7 Å². The summed E-state index contributed by atoms with van der Waals surface area (Å²) in [6.45, 7) is 3.04. The number of anilines is 1. The molecule has 0 aromatic heterocycles. The molecule has 4 heteroatoms. The van der Waals surface area contributed by atoms with E-state index >= 15 is 0 Å². The molecule has 1 fully saturated rings. The summed E-state index contributed by atoms with van der Waals surface area (Å²) in [6.07, 6.45) is 6.32. The van der Waals surface area contributed by atoms with Crippen LogP contribution in [0.5, 0.6) is 0 Å². The number of rotatable bonds is 4. The summed E-state index contributed by atoms with van der Waals surface area (Å²) in [5.41, 5.74) is 4.30. The van der Waals surface area contributed by atoms with Gasteiger partial charge in [-0.1, -0.05) is 26.2 Å². The third kappa shape index (κ3) is 3.70. The second kappa shape index (κ2) is 6.06. The zero-order valence-corrected chi connectivity index (χ0v) is 11.5. The number of nitrogen functional groups attached to an aromatic ring is 1. The van der Waals surface area contributed by atoms with Crippen LogP contribution < -0.4 is 16.6 Å². The molecule has 1 aliphatic rings. The van der Waals surface area contributed by atoms with Gasteiger partial charge < -0.3 is 10.7 Å². The summed E-state index contributed by atoms with van der Waals surface area (Å²) in [6, 6.07) is 7.18. The highest BCUT2D eigenvalue weighted by molar-refractivity contribution is 5.94. The van der Waals surface area contributed by atoms with Crippen molar-refractivity contribution in [2.45, 2.75) is 39.0 Å². The van der Waals surface area contributed by atoms with Gasteiger partial charge in [-0.05, 0) is 42.5 Å². The molecule has 0 heterocycles. The zero-order valence-electron chi connectivity index (χ0n) is 11.5. The van der Waals surface area contributed by atoms with Crippen LogP contribution in [-0.2, 0) is 0 Å². The van der Waals surface area contributed by atoms with Crippen LogP contribution in [0, 0.1) is 5.41 Å². The lowest BCUT2D eigenvalue weighted by atomic mass is 9.76. The summed E-state index contributed by atoms with van der Waals surface area (Å²) in [4.78, 5) is 12.1. The lowest BCUT2D eigenvalue weighted by molar-refractivity contribution is 0.0919. The predicted molar refractivity (Wildman–Crippen MR) is 77.8 cm³/mol. The maximum Gasteiger partial charge on any atom is 0.251 e. The molecular formula is C15H23N3O. The van der Waals surface area contributed by atoms with Crippen molar-refractivity contribution >= 4 is 11.6 Å². The van der Waals surface area contributed by atoms with Gasteiger partial charge >= 0.3 is 0 Å². The minimum Gasteiger partial charge on any atom is -0.351 e. The van der Waals surface area contributed by atoms with Crippen molar-refractivity contribution in [1.82, 2.24) is 5.32 Å². The highest BCUT2D eigenvalue weighted by atomic mass is 16.1. The fraction of sp³-hybridized carbons (Fsp3) is 0.533. The second-order valence-corrected chi connectivity index (χ2v) is 5.78. The maximum atomic E-state index is 12.1. The van der Waals surface area contributed by atoms with Crippen molar-refractivity contribution in [1.29, 1.82) is 0 Å². The zero-order chi connectivity index (χ0) is 13.7. The van der Waals surface area contributed by atoms with Crippen LogP contribution in [0.1, 0.15) is 49.4 Å². The number of nitrogens with two attached hydrogens (primary N) is 1. The van der Waals surface area contributed by atoms with Gasteiger partial charge in [0.15, 0.2) is 0 Å². The quantitative estimate of drug-likeness (QED) is 0.576. The highest BCUT2D eigenvalue weighted by Gasteiger charge is 2.27. The number of benzene rings is 1. The minimum atomic E-state index is -0.00429. The Bertz CT molecular complexity index is 422. The first-order valence-corrected chi connectivity index (χ1v) is 6.98. The van der Waals surface area contributed by atoms with E-state index in [4.69, 9.17) is 5.84 Å². The molecule has 1 aliphatic carbocycles. The van der Waals surface area contributed by atoms with E-state index in [0.29, 0.717) is 5.56 Å². The summed E-state index contributed by atoms with van der Waals surface area (Å²) in [7, 11) is 0. The minimum absolute atomic E-state index is 0.00429. The largest absolute Gasteiger partial charge is 0.351 e. The lowest BCUT2D eigenvalue weighted by Crippen LogP contribution is -2.37. The maximum absolute atomic E-state index is 12.1. The number of carbonyl (C=O) groups is 1. The topological polar surface area (TPSA) is 67.2 Å². The number of hydrogen-bond donors (Lipinski definition) is 3. The van der Waals surface area contributed by atoms with E-state index in [1.807, 2.05) is 0 Å². The predicted octanol–water partition coefficient (Wildman–Crippen LogP) is 2.67. The van der Waals surface area contributed by atoms with E-state index in [9.17, 15) is 4.79 Å². The van der Waals surface area contributed by atoms with Crippen molar-refractivity contribution in [2.24, 2.45) is 11.3 Å². The van der Waals surface area contributed by atoms with Gasteiger partial charge in [0.2, 0.25) is 0 Å². The van der Waals surface area contributed by atoms with Crippen LogP contribution >= 0.6 is 0 Å². The normalized spacial score (nSPS) is 17.8. The SMILES string of the molecule is CC1(CNC(=O)c2ccc(NN)cc2)CCCCC1. The van der Waals surface area contributed by atoms with Crippen LogP contribution in [0.3, 0.4) is 0 Å². The molecule has 0 saturated heterocycles. The average molecular weight is 261 g/mol. The third-order valence-corrected chi connectivity index (χ3v) is 4.05. The Balaban J connectivity index is 1.89. The molecule has 19 heavy (non-hydrogen) atoms. The number of carbonyl (C=O) groups excluding carboxylic acids is 1. The van der Waals surface area contributed by atoms with Crippen molar-refractivity contribution in [3.63, 3.8) is 0 Å². The van der Waals surface area contributed by atoms with Crippen molar-refractivity contribution in [3.05, 3.63) is 29.8 Å². The molecule has 4 nitrogen and oxygen atoms in total. The monoisotopic (exact) mass is 261 g/mol. The smallest absolute Gasteiger partial charge is 0.251 e. The number of nitrogens with one attached hydrogen (secondary N) is 2. The first kappa shape index (κ1) is 13.9. The fourth-order valence-electron chi connectivity index (χ4n) is 2.70. The molecule has 0 radical (unpaired) electrons. The first-order valence-electron chi connectivity index (χ1n) is 6.98. The summed E-state index contributed by atoms with van der Waals surface area (Å²) in [5.74, 6) is 5.29. The van der Waals surface area contributed by atoms with Crippen LogP contribution in [0.4, 0.5) is 5.69 Å². The molecule has 104 valence electrons. The molecule has 1 saturated carbocycles. The van der Waals surface area contributed by atoms with Gasteiger partial charge in [-0.25, -0.2) is 0 Å². The van der Waals surface area contributed by atoms with E-state index in [-0.39, 0.29) is 11.3 Å². The van der Waals surface area contributed by atoms with E-state index < -0.39 is 0 Å². The highest BCUT2D eigenvalue weighted by Crippen LogP contribution is 2.34. The fourth-order valence-corrected chi connectivity index (χ4v) is 2.70. The van der Waals surface area contributed by atoms with Gasteiger partial charge in [0.05, 0.1) is 0 Å². The van der Waals surface area contributed by atoms with E-state index in [1.54, 1.807) is 24.3 Å². The van der Waals surface area contributed by atoms with Crippen LogP contribution in [0.15, 0.2) is 24.3 Å². The molecule has 1 amide bonds. The van der Waals surface area contributed by atoms with Crippen molar-refractivity contribution in [2.75, 3.05) is 12.0 Å².